The lowest BCUT2D eigenvalue weighted by atomic mass is 9.98. The van der Waals surface area contributed by atoms with Crippen molar-refractivity contribution in [1.82, 2.24) is 4.57 Å². The summed E-state index contributed by atoms with van der Waals surface area (Å²) in [6.45, 7) is 6.07. The molecule has 0 bridgehead atoms. The van der Waals surface area contributed by atoms with Crippen LogP contribution in [0.25, 0.3) is 11.1 Å². The molecule has 0 amide bonds. The normalized spacial score (nSPS) is 11.1. The fourth-order valence-electron chi connectivity index (χ4n) is 3.19. The largest absolute Gasteiger partial charge is 0.490 e. The Bertz CT molecular complexity index is 1140. The molecule has 2 aromatic carbocycles. The van der Waals surface area contributed by atoms with Crippen molar-refractivity contribution in [1.29, 1.82) is 0 Å². The third kappa shape index (κ3) is 4.68. The Hall–Kier alpha value is -3.62. The van der Waals surface area contributed by atoms with Crippen LogP contribution in [0, 0.1) is 17.0 Å². The number of aryl methyl sites for hydroxylation is 1. The molecule has 30 heavy (non-hydrogen) atoms. The van der Waals surface area contributed by atoms with Gasteiger partial charge in [-0.15, -0.1) is 0 Å². The zero-order valence-corrected chi connectivity index (χ0v) is 16.9. The van der Waals surface area contributed by atoms with E-state index in [2.05, 4.69) is 13.8 Å². The number of carbonyl (C=O) groups is 1. The number of fused-ring (bicyclic) bond motifs is 1. The molecule has 1 heterocycles. The Morgan fingerprint density at radius 1 is 1.20 bits per heavy atom. The highest BCUT2D eigenvalue weighted by molar-refractivity contribution is 5.78. The zero-order valence-electron chi connectivity index (χ0n) is 16.9. The first-order valence-corrected chi connectivity index (χ1v) is 9.43. The molecule has 3 aromatic rings. The molecule has 0 atom stereocenters. The van der Waals surface area contributed by atoms with Gasteiger partial charge in [-0.2, -0.15) is 0 Å². The van der Waals surface area contributed by atoms with Crippen molar-refractivity contribution in [2.24, 2.45) is 0 Å². The number of esters is 1. The van der Waals surface area contributed by atoms with Crippen molar-refractivity contribution in [3.05, 3.63) is 68.2 Å². The van der Waals surface area contributed by atoms with Gasteiger partial charge in [-0.3, -0.25) is 19.5 Å². The van der Waals surface area contributed by atoms with Crippen molar-refractivity contribution < 1.29 is 23.6 Å². The molecule has 0 saturated heterocycles. The van der Waals surface area contributed by atoms with Crippen LogP contribution >= 0.6 is 0 Å². The summed E-state index contributed by atoms with van der Waals surface area (Å²) < 4.78 is 16.8. The van der Waals surface area contributed by atoms with Gasteiger partial charge in [0.15, 0.2) is 5.58 Å². The Labute approximate surface area is 172 Å². The fourth-order valence-corrected chi connectivity index (χ4v) is 3.19. The van der Waals surface area contributed by atoms with Gasteiger partial charge in [0.05, 0.1) is 16.5 Å². The summed E-state index contributed by atoms with van der Waals surface area (Å²) in [5.74, 6) is -0.326. The van der Waals surface area contributed by atoms with Gasteiger partial charge >= 0.3 is 11.7 Å². The molecule has 0 fully saturated rings. The van der Waals surface area contributed by atoms with E-state index in [0.717, 1.165) is 16.2 Å². The number of aromatic nitrogens is 1. The third-order valence-corrected chi connectivity index (χ3v) is 4.63. The number of nitrogens with zero attached hydrogens (tertiary/aromatic N) is 2. The summed E-state index contributed by atoms with van der Waals surface area (Å²) in [5, 5.41) is 10.8. The highest BCUT2D eigenvalue weighted by Crippen LogP contribution is 2.23. The number of non-ortho nitro benzene ring substituents is 1. The highest BCUT2D eigenvalue weighted by Gasteiger charge is 2.16. The third-order valence-electron chi connectivity index (χ3n) is 4.63. The van der Waals surface area contributed by atoms with Gasteiger partial charge in [-0.1, -0.05) is 19.9 Å². The predicted molar refractivity (Wildman–Crippen MR) is 109 cm³/mol. The average Bonchev–Trinajstić information content (AvgIpc) is 2.99. The lowest BCUT2D eigenvalue weighted by Crippen LogP contribution is -2.23. The minimum atomic E-state index is -0.792. The molecule has 9 nitrogen and oxygen atoms in total. The Morgan fingerprint density at radius 3 is 2.63 bits per heavy atom. The second kappa shape index (κ2) is 8.81. The van der Waals surface area contributed by atoms with Crippen LogP contribution in [0.3, 0.4) is 0 Å². The van der Waals surface area contributed by atoms with Crippen LogP contribution in [-0.2, 0) is 16.1 Å². The van der Waals surface area contributed by atoms with E-state index in [-0.39, 0.29) is 36.5 Å². The maximum absolute atomic E-state index is 12.1. The quantitative estimate of drug-likeness (QED) is 0.240. The van der Waals surface area contributed by atoms with Crippen LogP contribution in [0.15, 0.2) is 45.6 Å². The van der Waals surface area contributed by atoms with Gasteiger partial charge in [0, 0.05) is 6.07 Å². The summed E-state index contributed by atoms with van der Waals surface area (Å²) in [6.07, 6.45) is 0. The number of hydrogen-bond acceptors (Lipinski definition) is 7. The van der Waals surface area contributed by atoms with Crippen molar-refractivity contribution in [3.8, 4) is 5.75 Å². The second-order valence-corrected chi connectivity index (χ2v) is 7.11. The topological polar surface area (TPSA) is 114 Å². The van der Waals surface area contributed by atoms with Crippen LogP contribution in [-0.4, -0.2) is 28.7 Å². The molecule has 158 valence electrons. The maximum atomic E-state index is 12.1. The molecule has 0 radical (unpaired) electrons. The first-order valence-electron chi connectivity index (χ1n) is 9.43. The number of benzene rings is 2. The minimum Gasteiger partial charge on any atom is -0.490 e. The highest BCUT2D eigenvalue weighted by atomic mass is 16.6. The number of nitro groups is 1. The van der Waals surface area contributed by atoms with E-state index in [1.54, 1.807) is 0 Å². The predicted octanol–water partition coefficient (Wildman–Crippen LogP) is 3.56. The molecule has 3 rings (SSSR count). The van der Waals surface area contributed by atoms with Gasteiger partial charge < -0.3 is 13.9 Å². The number of nitro benzene ring substituents is 1. The summed E-state index contributed by atoms with van der Waals surface area (Å²) in [7, 11) is 0. The average molecular weight is 414 g/mol. The van der Waals surface area contributed by atoms with Crippen LogP contribution in [0.1, 0.15) is 30.9 Å². The molecule has 1 aromatic heterocycles. The van der Waals surface area contributed by atoms with Gasteiger partial charge in [0.1, 0.15) is 25.5 Å². The standard InChI is InChI=1S/C21H22N2O7/c1-13(2)17-6-5-16(10-14(17)3)28-8-9-29-20(24)12-22-18-7-4-15(23(26)27)11-19(18)30-21(22)25/h4-7,10-11,13H,8-9,12H2,1-3H3. The van der Waals surface area contributed by atoms with Crippen molar-refractivity contribution in [2.75, 3.05) is 13.2 Å². The van der Waals surface area contributed by atoms with Crippen molar-refractivity contribution >= 4 is 22.8 Å². The van der Waals surface area contributed by atoms with Gasteiger partial charge in [0.2, 0.25) is 0 Å². The maximum Gasteiger partial charge on any atom is 0.420 e. The number of oxazole rings is 1. The molecular weight excluding hydrogens is 392 g/mol. The van der Waals surface area contributed by atoms with E-state index in [9.17, 15) is 19.7 Å². The van der Waals surface area contributed by atoms with Crippen molar-refractivity contribution in [3.63, 3.8) is 0 Å². The van der Waals surface area contributed by atoms with Crippen molar-refractivity contribution in [2.45, 2.75) is 33.2 Å². The molecular formula is C21H22N2O7. The number of carbonyl (C=O) groups excluding carboxylic acids is 1. The van der Waals surface area contributed by atoms with Gasteiger partial charge in [-0.25, -0.2) is 4.79 Å². The van der Waals surface area contributed by atoms with Crippen LogP contribution in [0.5, 0.6) is 5.75 Å². The first-order chi connectivity index (χ1) is 14.3. The van der Waals surface area contributed by atoms with E-state index < -0.39 is 16.6 Å². The van der Waals surface area contributed by atoms with E-state index in [4.69, 9.17) is 13.9 Å². The first kappa shape index (κ1) is 21.1. The minimum absolute atomic E-state index is 0.0137. The molecule has 0 aliphatic carbocycles. The Balaban J connectivity index is 1.55. The fraction of sp³-hybridized carbons (Fsp3) is 0.333. The van der Waals surface area contributed by atoms with E-state index >= 15 is 0 Å². The van der Waals surface area contributed by atoms with Gasteiger partial charge in [0.25, 0.3) is 5.69 Å². The second-order valence-electron chi connectivity index (χ2n) is 7.11. The molecule has 0 spiro atoms. The Kier molecular flexibility index (Phi) is 6.20. The number of rotatable bonds is 8. The van der Waals surface area contributed by atoms with Gasteiger partial charge in [-0.05, 0) is 42.2 Å². The Morgan fingerprint density at radius 2 is 1.97 bits per heavy atom. The molecule has 0 aliphatic rings. The van der Waals surface area contributed by atoms with Crippen LogP contribution < -0.4 is 10.5 Å². The number of hydrogen-bond donors (Lipinski definition) is 0. The smallest absolute Gasteiger partial charge is 0.420 e. The summed E-state index contributed by atoms with van der Waals surface area (Å²) >= 11 is 0. The summed E-state index contributed by atoms with van der Waals surface area (Å²) in [4.78, 5) is 34.3. The molecule has 9 heteroatoms. The summed E-state index contributed by atoms with van der Waals surface area (Å²) in [5.41, 5.74) is 2.48. The lowest BCUT2D eigenvalue weighted by molar-refractivity contribution is -0.384. The van der Waals surface area contributed by atoms with Crippen LogP contribution in [0.4, 0.5) is 5.69 Å². The SMILES string of the molecule is Cc1cc(OCCOC(=O)Cn2c(=O)oc3cc([N+](=O)[O-])ccc32)ccc1C(C)C. The monoisotopic (exact) mass is 414 g/mol. The molecule has 0 N–H and O–H groups in total. The summed E-state index contributed by atoms with van der Waals surface area (Å²) in [6, 6.07) is 9.56. The van der Waals surface area contributed by atoms with E-state index in [1.165, 1.54) is 17.7 Å². The van der Waals surface area contributed by atoms with Crippen LogP contribution in [0.2, 0.25) is 0 Å². The van der Waals surface area contributed by atoms with E-state index in [1.807, 2.05) is 25.1 Å². The number of ether oxygens (including phenoxy) is 2. The zero-order chi connectivity index (χ0) is 21.8. The lowest BCUT2D eigenvalue weighted by Gasteiger charge is -2.12. The molecule has 0 saturated carbocycles. The molecule has 0 aliphatic heterocycles. The van der Waals surface area contributed by atoms with E-state index in [0.29, 0.717) is 11.7 Å². The molecule has 0 unspecified atom stereocenters.